The van der Waals surface area contributed by atoms with E-state index in [4.69, 9.17) is 15.2 Å². The van der Waals surface area contributed by atoms with Gasteiger partial charge in [-0.3, -0.25) is 0 Å². The minimum atomic E-state index is 0.0373. The molecule has 1 aliphatic heterocycles. The highest BCUT2D eigenvalue weighted by Gasteiger charge is 2.36. The van der Waals surface area contributed by atoms with Crippen LogP contribution in [0.3, 0.4) is 0 Å². The standard InChI is InChI=1S/C11H24N2O2/c1-9-6-11(8-12,7-10(2)15-9)13-4-5-14-3/h9-10,13H,4-8,12H2,1-3H3. The van der Waals surface area contributed by atoms with Gasteiger partial charge in [-0.05, 0) is 26.7 Å². The summed E-state index contributed by atoms with van der Waals surface area (Å²) in [6.45, 7) is 6.46. The third-order valence-corrected chi connectivity index (χ3v) is 3.02. The van der Waals surface area contributed by atoms with Gasteiger partial charge < -0.3 is 20.5 Å². The molecule has 0 spiro atoms. The van der Waals surface area contributed by atoms with Gasteiger partial charge in [-0.25, -0.2) is 0 Å². The fourth-order valence-electron chi connectivity index (χ4n) is 2.48. The Morgan fingerprint density at radius 3 is 2.47 bits per heavy atom. The zero-order valence-corrected chi connectivity index (χ0v) is 10.1. The van der Waals surface area contributed by atoms with Gasteiger partial charge in [0.15, 0.2) is 0 Å². The van der Waals surface area contributed by atoms with E-state index in [2.05, 4.69) is 19.2 Å². The van der Waals surface area contributed by atoms with Crippen LogP contribution in [0.5, 0.6) is 0 Å². The maximum Gasteiger partial charge on any atom is 0.0587 e. The van der Waals surface area contributed by atoms with Gasteiger partial charge in [0.1, 0.15) is 0 Å². The molecule has 3 N–H and O–H groups in total. The van der Waals surface area contributed by atoms with E-state index in [0.717, 1.165) is 26.0 Å². The summed E-state index contributed by atoms with van der Waals surface area (Å²) < 4.78 is 10.8. The highest BCUT2D eigenvalue weighted by Crippen LogP contribution is 2.27. The van der Waals surface area contributed by atoms with Crippen LogP contribution >= 0.6 is 0 Å². The number of ether oxygens (including phenoxy) is 2. The van der Waals surface area contributed by atoms with E-state index in [0.29, 0.717) is 6.54 Å². The predicted octanol–water partition coefficient (Wildman–Crippen LogP) is 0.507. The molecular weight excluding hydrogens is 192 g/mol. The lowest BCUT2D eigenvalue weighted by atomic mass is 9.84. The molecule has 0 aromatic heterocycles. The van der Waals surface area contributed by atoms with Crippen LogP contribution in [-0.4, -0.2) is 44.6 Å². The first kappa shape index (κ1) is 12.9. The van der Waals surface area contributed by atoms with E-state index in [-0.39, 0.29) is 17.7 Å². The molecule has 1 aliphatic rings. The number of hydrogen-bond donors (Lipinski definition) is 2. The van der Waals surface area contributed by atoms with Crippen molar-refractivity contribution in [2.45, 2.75) is 44.4 Å². The van der Waals surface area contributed by atoms with Crippen LogP contribution in [0.2, 0.25) is 0 Å². The van der Waals surface area contributed by atoms with E-state index in [1.807, 2.05) is 0 Å². The molecule has 90 valence electrons. The average molecular weight is 216 g/mol. The van der Waals surface area contributed by atoms with Crippen LogP contribution in [0.25, 0.3) is 0 Å². The molecule has 1 fully saturated rings. The molecule has 0 bridgehead atoms. The topological polar surface area (TPSA) is 56.5 Å². The highest BCUT2D eigenvalue weighted by atomic mass is 16.5. The SMILES string of the molecule is COCCNC1(CN)CC(C)OC(C)C1. The summed E-state index contributed by atoms with van der Waals surface area (Å²) in [5.74, 6) is 0. The Morgan fingerprint density at radius 2 is 2.00 bits per heavy atom. The lowest BCUT2D eigenvalue weighted by Crippen LogP contribution is -2.58. The smallest absolute Gasteiger partial charge is 0.0587 e. The quantitative estimate of drug-likeness (QED) is 0.657. The maximum atomic E-state index is 5.89. The molecule has 4 heteroatoms. The molecule has 0 aliphatic carbocycles. The van der Waals surface area contributed by atoms with Gasteiger partial charge >= 0.3 is 0 Å². The van der Waals surface area contributed by atoms with Crippen LogP contribution < -0.4 is 11.1 Å². The van der Waals surface area contributed by atoms with Gasteiger partial charge in [-0.15, -0.1) is 0 Å². The van der Waals surface area contributed by atoms with Crippen molar-refractivity contribution >= 4 is 0 Å². The Bertz CT molecular complexity index is 177. The van der Waals surface area contributed by atoms with Crippen LogP contribution in [0.15, 0.2) is 0 Å². The number of rotatable bonds is 5. The molecule has 0 aromatic rings. The molecule has 0 amide bonds. The van der Waals surface area contributed by atoms with Gasteiger partial charge in [0.2, 0.25) is 0 Å². The van der Waals surface area contributed by atoms with E-state index in [1.165, 1.54) is 0 Å². The molecule has 1 saturated heterocycles. The minimum Gasteiger partial charge on any atom is -0.383 e. The van der Waals surface area contributed by atoms with Crippen molar-refractivity contribution in [1.29, 1.82) is 0 Å². The van der Waals surface area contributed by atoms with E-state index >= 15 is 0 Å². The second-order valence-corrected chi connectivity index (χ2v) is 4.57. The van der Waals surface area contributed by atoms with Crippen LogP contribution in [-0.2, 0) is 9.47 Å². The molecule has 0 saturated carbocycles. The number of nitrogens with one attached hydrogen (secondary N) is 1. The van der Waals surface area contributed by atoms with Crippen molar-refractivity contribution in [1.82, 2.24) is 5.32 Å². The molecule has 1 rings (SSSR count). The van der Waals surface area contributed by atoms with E-state index in [9.17, 15) is 0 Å². The maximum absolute atomic E-state index is 5.89. The van der Waals surface area contributed by atoms with Crippen molar-refractivity contribution < 1.29 is 9.47 Å². The van der Waals surface area contributed by atoms with Crippen molar-refractivity contribution in [3.8, 4) is 0 Å². The highest BCUT2D eigenvalue weighted by molar-refractivity contribution is 4.95. The molecule has 0 aromatic carbocycles. The number of hydrogen-bond acceptors (Lipinski definition) is 4. The van der Waals surface area contributed by atoms with Gasteiger partial charge in [-0.2, -0.15) is 0 Å². The van der Waals surface area contributed by atoms with Crippen LogP contribution in [0.1, 0.15) is 26.7 Å². The Balaban J connectivity index is 2.49. The second kappa shape index (κ2) is 5.80. The normalized spacial score (nSPS) is 36.8. The zero-order chi connectivity index (χ0) is 11.3. The summed E-state index contributed by atoms with van der Waals surface area (Å²) >= 11 is 0. The van der Waals surface area contributed by atoms with Gasteiger partial charge in [-0.1, -0.05) is 0 Å². The summed E-state index contributed by atoms with van der Waals surface area (Å²) in [4.78, 5) is 0. The summed E-state index contributed by atoms with van der Waals surface area (Å²) in [5.41, 5.74) is 5.92. The molecule has 2 unspecified atom stereocenters. The summed E-state index contributed by atoms with van der Waals surface area (Å²) in [6, 6.07) is 0. The summed E-state index contributed by atoms with van der Waals surface area (Å²) in [6.07, 6.45) is 2.54. The third kappa shape index (κ3) is 3.72. The minimum absolute atomic E-state index is 0.0373. The van der Waals surface area contributed by atoms with Crippen molar-refractivity contribution in [3.05, 3.63) is 0 Å². The average Bonchev–Trinajstić information content (AvgIpc) is 2.17. The molecule has 4 nitrogen and oxygen atoms in total. The summed E-state index contributed by atoms with van der Waals surface area (Å²) in [7, 11) is 1.71. The van der Waals surface area contributed by atoms with Crippen LogP contribution in [0, 0.1) is 0 Å². The fourth-order valence-corrected chi connectivity index (χ4v) is 2.48. The zero-order valence-electron chi connectivity index (χ0n) is 10.1. The summed E-state index contributed by atoms with van der Waals surface area (Å²) in [5, 5.41) is 3.52. The van der Waals surface area contributed by atoms with E-state index in [1.54, 1.807) is 7.11 Å². The van der Waals surface area contributed by atoms with Crippen LogP contribution in [0.4, 0.5) is 0 Å². The molecular formula is C11H24N2O2. The largest absolute Gasteiger partial charge is 0.383 e. The number of methoxy groups -OCH3 is 1. The fraction of sp³-hybridized carbons (Fsp3) is 1.00. The molecule has 1 heterocycles. The number of nitrogens with two attached hydrogens (primary N) is 1. The molecule has 2 atom stereocenters. The Labute approximate surface area is 92.5 Å². The van der Waals surface area contributed by atoms with Gasteiger partial charge in [0, 0.05) is 25.7 Å². The first-order valence-electron chi connectivity index (χ1n) is 5.71. The van der Waals surface area contributed by atoms with Gasteiger partial charge in [0.05, 0.1) is 18.8 Å². The Morgan fingerprint density at radius 1 is 1.40 bits per heavy atom. The first-order chi connectivity index (χ1) is 7.12. The third-order valence-electron chi connectivity index (χ3n) is 3.02. The Kier molecular flexibility index (Phi) is 4.99. The lowest BCUT2D eigenvalue weighted by molar-refractivity contribution is -0.0677. The predicted molar refractivity (Wildman–Crippen MR) is 60.9 cm³/mol. The lowest BCUT2D eigenvalue weighted by Gasteiger charge is -2.43. The molecule has 15 heavy (non-hydrogen) atoms. The van der Waals surface area contributed by atoms with Gasteiger partial charge in [0.25, 0.3) is 0 Å². The monoisotopic (exact) mass is 216 g/mol. The first-order valence-corrected chi connectivity index (χ1v) is 5.71. The Hall–Kier alpha value is -0.160. The van der Waals surface area contributed by atoms with Crippen molar-refractivity contribution in [2.75, 3.05) is 26.8 Å². The van der Waals surface area contributed by atoms with Crippen molar-refractivity contribution in [3.63, 3.8) is 0 Å². The molecule has 0 radical (unpaired) electrons. The second-order valence-electron chi connectivity index (χ2n) is 4.57. The van der Waals surface area contributed by atoms with Crippen molar-refractivity contribution in [2.24, 2.45) is 5.73 Å². The van der Waals surface area contributed by atoms with E-state index < -0.39 is 0 Å².